The molecule has 0 aliphatic carbocycles. The van der Waals surface area contributed by atoms with Crippen molar-refractivity contribution >= 4 is 0 Å². The summed E-state index contributed by atoms with van der Waals surface area (Å²) in [7, 11) is 0. The van der Waals surface area contributed by atoms with Crippen molar-refractivity contribution < 1.29 is 0 Å². The van der Waals surface area contributed by atoms with Gasteiger partial charge >= 0.3 is 0 Å². The Hall–Kier alpha value is -0.480. The van der Waals surface area contributed by atoms with E-state index in [-0.39, 0.29) is 0 Å². The summed E-state index contributed by atoms with van der Waals surface area (Å²) < 4.78 is 0. The molecule has 16 heavy (non-hydrogen) atoms. The second kappa shape index (κ2) is 12.6. The van der Waals surface area contributed by atoms with E-state index in [2.05, 4.69) is 12.8 Å². The Labute approximate surface area is 102 Å². The predicted molar refractivity (Wildman–Crippen MR) is 73.3 cm³/mol. The molecule has 0 aliphatic heterocycles. The number of hydrogen-bond donors (Lipinski definition) is 1. The summed E-state index contributed by atoms with van der Waals surface area (Å²) in [6.45, 7) is 2.26. The van der Waals surface area contributed by atoms with Gasteiger partial charge in [0.15, 0.2) is 0 Å². The summed E-state index contributed by atoms with van der Waals surface area (Å²) in [6, 6.07) is 0.379. The Morgan fingerprint density at radius 1 is 0.938 bits per heavy atom. The van der Waals surface area contributed by atoms with Gasteiger partial charge in [-0.15, -0.1) is 12.3 Å². The van der Waals surface area contributed by atoms with Gasteiger partial charge in [0.2, 0.25) is 0 Å². The van der Waals surface area contributed by atoms with Gasteiger partial charge in [0, 0.05) is 12.5 Å². The monoisotopic (exact) mass is 223 g/mol. The minimum Gasteiger partial charge on any atom is -0.328 e. The highest BCUT2D eigenvalue weighted by atomic mass is 14.6. The Kier molecular flexibility index (Phi) is 12.2. The van der Waals surface area contributed by atoms with E-state index in [1.54, 1.807) is 0 Å². The van der Waals surface area contributed by atoms with Gasteiger partial charge in [0.25, 0.3) is 0 Å². The van der Waals surface area contributed by atoms with Gasteiger partial charge in [0.1, 0.15) is 0 Å². The molecule has 0 heterocycles. The molecule has 1 unspecified atom stereocenters. The highest BCUT2D eigenvalue weighted by Gasteiger charge is 2.01. The van der Waals surface area contributed by atoms with Crippen LogP contribution < -0.4 is 5.73 Å². The maximum Gasteiger partial charge on any atom is 0.00866 e. The third-order valence-corrected chi connectivity index (χ3v) is 3.07. The summed E-state index contributed by atoms with van der Waals surface area (Å²) >= 11 is 0. The zero-order valence-electron chi connectivity index (χ0n) is 11.0. The summed E-state index contributed by atoms with van der Waals surface area (Å²) in [6.07, 6.45) is 19.0. The molecular formula is C15H29N. The number of rotatable bonds is 11. The maximum absolute atomic E-state index is 6.01. The Morgan fingerprint density at radius 2 is 1.50 bits per heavy atom. The van der Waals surface area contributed by atoms with Crippen molar-refractivity contribution in [2.75, 3.05) is 0 Å². The van der Waals surface area contributed by atoms with Crippen LogP contribution in [0.2, 0.25) is 0 Å². The molecule has 1 atom stereocenters. The largest absolute Gasteiger partial charge is 0.328 e. The van der Waals surface area contributed by atoms with Crippen LogP contribution in [0.3, 0.4) is 0 Å². The molecule has 0 rings (SSSR count). The molecule has 94 valence electrons. The molecule has 1 nitrogen and oxygen atoms in total. The summed E-state index contributed by atoms with van der Waals surface area (Å²) in [5.41, 5.74) is 6.01. The molecule has 2 N–H and O–H groups in total. The lowest BCUT2D eigenvalue weighted by atomic mass is 10.0. The van der Waals surface area contributed by atoms with E-state index in [4.69, 9.17) is 12.2 Å². The minimum absolute atomic E-state index is 0.379. The van der Waals surface area contributed by atoms with Crippen LogP contribution in [0, 0.1) is 12.3 Å². The van der Waals surface area contributed by atoms with Gasteiger partial charge in [0.05, 0.1) is 0 Å². The van der Waals surface area contributed by atoms with E-state index in [9.17, 15) is 0 Å². The van der Waals surface area contributed by atoms with E-state index in [1.165, 1.54) is 51.4 Å². The molecule has 0 bridgehead atoms. The molecule has 0 fully saturated rings. The Balaban J connectivity index is 3.09. The van der Waals surface area contributed by atoms with Crippen LogP contribution in [0.4, 0.5) is 0 Å². The number of unbranched alkanes of at least 4 members (excludes halogenated alkanes) is 7. The molecule has 0 spiro atoms. The van der Waals surface area contributed by atoms with Crippen molar-refractivity contribution in [2.24, 2.45) is 5.73 Å². The van der Waals surface area contributed by atoms with Crippen molar-refractivity contribution in [3.63, 3.8) is 0 Å². The van der Waals surface area contributed by atoms with E-state index >= 15 is 0 Å². The zero-order valence-corrected chi connectivity index (χ0v) is 11.0. The average Bonchev–Trinajstić information content (AvgIpc) is 2.28. The van der Waals surface area contributed by atoms with Crippen molar-refractivity contribution in [2.45, 2.75) is 83.6 Å². The van der Waals surface area contributed by atoms with Crippen LogP contribution in [0.25, 0.3) is 0 Å². The van der Waals surface area contributed by atoms with Gasteiger partial charge in [-0.2, -0.15) is 0 Å². The lowest BCUT2D eigenvalue weighted by molar-refractivity contribution is 0.501. The predicted octanol–water partition coefficient (Wildman–Crippen LogP) is 4.26. The first-order chi connectivity index (χ1) is 7.81. The third kappa shape index (κ3) is 11.6. The standard InChI is InChI=1S/C15H29N/c1-3-5-7-8-9-10-12-14-15(16)13-11-6-4-2/h2,15H,3,5-14,16H2,1H3. The van der Waals surface area contributed by atoms with E-state index in [0.717, 1.165) is 19.3 Å². The van der Waals surface area contributed by atoms with Crippen molar-refractivity contribution in [3.05, 3.63) is 0 Å². The van der Waals surface area contributed by atoms with Gasteiger partial charge in [-0.25, -0.2) is 0 Å². The van der Waals surface area contributed by atoms with Crippen LogP contribution in [0.5, 0.6) is 0 Å². The number of terminal acetylenes is 1. The second-order valence-corrected chi connectivity index (χ2v) is 4.77. The second-order valence-electron chi connectivity index (χ2n) is 4.77. The minimum atomic E-state index is 0.379. The molecular weight excluding hydrogens is 194 g/mol. The maximum atomic E-state index is 6.01. The van der Waals surface area contributed by atoms with Gasteiger partial charge in [-0.1, -0.05) is 51.9 Å². The van der Waals surface area contributed by atoms with Gasteiger partial charge in [-0.05, 0) is 19.3 Å². The molecule has 0 saturated carbocycles. The first-order valence-corrected chi connectivity index (χ1v) is 7.00. The first-order valence-electron chi connectivity index (χ1n) is 7.00. The van der Waals surface area contributed by atoms with Crippen molar-refractivity contribution in [1.29, 1.82) is 0 Å². The van der Waals surface area contributed by atoms with Crippen LogP contribution in [-0.4, -0.2) is 6.04 Å². The molecule has 0 aromatic carbocycles. The average molecular weight is 223 g/mol. The zero-order chi connectivity index (χ0) is 12.1. The van der Waals surface area contributed by atoms with Gasteiger partial charge < -0.3 is 5.73 Å². The van der Waals surface area contributed by atoms with Crippen LogP contribution in [-0.2, 0) is 0 Å². The third-order valence-electron chi connectivity index (χ3n) is 3.07. The SMILES string of the molecule is C#CCCCC(N)CCCCCCCCC. The van der Waals surface area contributed by atoms with Crippen LogP contribution in [0.15, 0.2) is 0 Å². The quantitative estimate of drug-likeness (QED) is 0.411. The Morgan fingerprint density at radius 3 is 2.12 bits per heavy atom. The van der Waals surface area contributed by atoms with Gasteiger partial charge in [-0.3, -0.25) is 0 Å². The number of hydrogen-bond acceptors (Lipinski definition) is 1. The van der Waals surface area contributed by atoms with E-state index in [1.807, 2.05) is 0 Å². The van der Waals surface area contributed by atoms with Crippen LogP contribution in [0.1, 0.15) is 77.6 Å². The fourth-order valence-corrected chi connectivity index (χ4v) is 1.97. The highest BCUT2D eigenvalue weighted by molar-refractivity contribution is 4.83. The topological polar surface area (TPSA) is 26.0 Å². The smallest absolute Gasteiger partial charge is 0.00866 e. The van der Waals surface area contributed by atoms with Crippen LogP contribution >= 0.6 is 0 Å². The fourth-order valence-electron chi connectivity index (χ4n) is 1.97. The fraction of sp³-hybridized carbons (Fsp3) is 0.867. The molecule has 0 radical (unpaired) electrons. The molecule has 0 saturated heterocycles. The summed E-state index contributed by atoms with van der Waals surface area (Å²) in [5, 5.41) is 0. The summed E-state index contributed by atoms with van der Waals surface area (Å²) in [5.74, 6) is 2.66. The summed E-state index contributed by atoms with van der Waals surface area (Å²) in [4.78, 5) is 0. The molecule has 0 aromatic rings. The lowest BCUT2D eigenvalue weighted by Gasteiger charge is -2.10. The molecule has 1 heteroatoms. The molecule has 0 amide bonds. The van der Waals surface area contributed by atoms with Crippen molar-refractivity contribution in [3.8, 4) is 12.3 Å². The molecule has 0 aliphatic rings. The first kappa shape index (κ1) is 15.5. The normalized spacial score (nSPS) is 12.3. The number of nitrogens with two attached hydrogens (primary N) is 1. The van der Waals surface area contributed by atoms with Crippen molar-refractivity contribution in [1.82, 2.24) is 0 Å². The highest BCUT2D eigenvalue weighted by Crippen LogP contribution is 2.11. The lowest BCUT2D eigenvalue weighted by Crippen LogP contribution is -2.19. The van der Waals surface area contributed by atoms with E-state index in [0.29, 0.717) is 6.04 Å². The van der Waals surface area contributed by atoms with E-state index < -0.39 is 0 Å². The molecule has 0 aromatic heterocycles. The Bertz CT molecular complexity index is 169.